The van der Waals surface area contributed by atoms with Crippen molar-refractivity contribution in [2.24, 2.45) is 11.5 Å². The topological polar surface area (TPSA) is 52.0 Å². The van der Waals surface area contributed by atoms with Crippen LogP contribution in [0.2, 0.25) is 0 Å². The molecule has 0 saturated carbocycles. The average Bonchev–Trinajstić information content (AvgIpc) is 1.82. The van der Waals surface area contributed by atoms with Crippen molar-refractivity contribution in [3.05, 3.63) is 11.8 Å². The molecule has 0 aromatic rings. The Balaban J connectivity index is 4.59. The Kier molecular flexibility index (Phi) is 3.20. The maximum atomic E-state index is 11.6. The lowest BCUT2D eigenvalue weighted by atomic mass is 10.2. The summed E-state index contributed by atoms with van der Waals surface area (Å²) in [6.07, 6.45) is -10.2. The molecule has 0 rings (SSSR count). The van der Waals surface area contributed by atoms with Gasteiger partial charge in [0.15, 0.2) is 0 Å². The molecule has 0 heterocycles. The van der Waals surface area contributed by atoms with E-state index in [4.69, 9.17) is 0 Å². The fourth-order valence-corrected chi connectivity index (χ4v) is 0.382. The Bertz CT molecular complexity index is 202. The summed E-state index contributed by atoms with van der Waals surface area (Å²) in [6.45, 7) is 0. The SMILES string of the molecule is N/C(=C\C(N)C(F)(F)F)C(F)(F)F. The molecular formula is C5H6F6N2. The highest BCUT2D eigenvalue weighted by Crippen LogP contribution is 2.25. The van der Waals surface area contributed by atoms with Gasteiger partial charge in [-0.25, -0.2) is 0 Å². The summed E-state index contributed by atoms with van der Waals surface area (Å²) in [4.78, 5) is 0. The molecule has 0 aliphatic rings. The van der Waals surface area contributed by atoms with Crippen LogP contribution in [0.1, 0.15) is 0 Å². The Morgan fingerprint density at radius 1 is 1.08 bits per heavy atom. The molecule has 4 N–H and O–H groups in total. The van der Waals surface area contributed by atoms with Gasteiger partial charge in [-0.15, -0.1) is 0 Å². The summed E-state index contributed by atoms with van der Waals surface area (Å²) in [7, 11) is 0. The zero-order chi connectivity index (χ0) is 10.9. The zero-order valence-electron chi connectivity index (χ0n) is 6.08. The van der Waals surface area contributed by atoms with Crippen molar-refractivity contribution in [1.82, 2.24) is 0 Å². The molecule has 0 aliphatic carbocycles. The average molecular weight is 208 g/mol. The minimum Gasteiger partial charge on any atom is -0.395 e. The summed E-state index contributed by atoms with van der Waals surface area (Å²) < 4.78 is 69.6. The van der Waals surface area contributed by atoms with Gasteiger partial charge < -0.3 is 11.5 Å². The van der Waals surface area contributed by atoms with Crippen LogP contribution in [0, 0.1) is 0 Å². The molecule has 0 spiro atoms. The molecule has 0 radical (unpaired) electrons. The van der Waals surface area contributed by atoms with Crippen molar-refractivity contribution in [3.8, 4) is 0 Å². The van der Waals surface area contributed by atoms with Crippen LogP contribution in [0.15, 0.2) is 11.8 Å². The maximum absolute atomic E-state index is 11.6. The zero-order valence-corrected chi connectivity index (χ0v) is 6.08. The number of rotatable bonds is 1. The second-order valence-corrected chi connectivity index (χ2v) is 2.19. The standard InChI is InChI=1S/C5H6F6N2/c6-4(7,8)2(12)1-3(13)5(9,10)11/h1-2H,12-13H2/b3-1-. The van der Waals surface area contributed by atoms with E-state index in [1.807, 2.05) is 0 Å². The first kappa shape index (κ1) is 12.1. The molecule has 13 heavy (non-hydrogen) atoms. The van der Waals surface area contributed by atoms with Crippen LogP contribution in [0.25, 0.3) is 0 Å². The van der Waals surface area contributed by atoms with Crippen molar-refractivity contribution < 1.29 is 26.3 Å². The molecule has 0 amide bonds. The summed E-state index contributed by atoms with van der Waals surface area (Å²) in [5.74, 6) is 0. The third kappa shape index (κ3) is 4.02. The molecule has 0 bridgehead atoms. The fourth-order valence-electron chi connectivity index (χ4n) is 0.382. The van der Waals surface area contributed by atoms with Crippen LogP contribution in [0.3, 0.4) is 0 Å². The summed E-state index contributed by atoms with van der Waals surface area (Å²) in [5, 5.41) is 0. The van der Waals surface area contributed by atoms with E-state index in [0.29, 0.717) is 0 Å². The summed E-state index contributed by atoms with van der Waals surface area (Å²) in [6, 6.07) is -2.70. The quantitative estimate of drug-likeness (QED) is 0.637. The molecule has 0 aromatic carbocycles. The van der Waals surface area contributed by atoms with Gasteiger partial charge in [0.25, 0.3) is 0 Å². The van der Waals surface area contributed by atoms with E-state index in [9.17, 15) is 26.3 Å². The van der Waals surface area contributed by atoms with Crippen molar-refractivity contribution >= 4 is 0 Å². The van der Waals surface area contributed by atoms with E-state index in [1.165, 1.54) is 0 Å². The van der Waals surface area contributed by atoms with Crippen molar-refractivity contribution in [2.45, 2.75) is 18.4 Å². The molecule has 1 unspecified atom stereocenters. The number of hydrogen-bond donors (Lipinski definition) is 2. The van der Waals surface area contributed by atoms with Gasteiger partial charge in [-0.05, 0) is 6.08 Å². The van der Waals surface area contributed by atoms with E-state index >= 15 is 0 Å². The molecule has 1 atom stereocenters. The molecule has 2 nitrogen and oxygen atoms in total. The highest BCUT2D eigenvalue weighted by molar-refractivity contribution is 5.09. The number of alkyl halides is 6. The Morgan fingerprint density at radius 3 is 1.69 bits per heavy atom. The van der Waals surface area contributed by atoms with Crippen LogP contribution < -0.4 is 11.5 Å². The van der Waals surface area contributed by atoms with Gasteiger partial charge >= 0.3 is 12.4 Å². The lowest BCUT2D eigenvalue weighted by molar-refractivity contribution is -0.138. The Labute approximate surface area is 69.2 Å². The smallest absolute Gasteiger partial charge is 0.395 e. The van der Waals surface area contributed by atoms with Crippen LogP contribution in [-0.2, 0) is 0 Å². The predicted octanol–water partition coefficient (Wildman–Crippen LogP) is 1.28. The van der Waals surface area contributed by atoms with E-state index in [1.54, 1.807) is 0 Å². The number of nitrogens with two attached hydrogens (primary N) is 2. The van der Waals surface area contributed by atoms with Gasteiger partial charge in [-0.3, -0.25) is 0 Å². The van der Waals surface area contributed by atoms with E-state index < -0.39 is 24.1 Å². The maximum Gasteiger partial charge on any atom is 0.430 e. The minimum absolute atomic E-state index is 0.278. The highest BCUT2D eigenvalue weighted by atomic mass is 19.4. The second kappa shape index (κ2) is 3.44. The van der Waals surface area contributed by atoms with Crippen LogP contribution in [-0.4, -0.2) is 18.4 Å². The lowest BCUT2D eigenvalue weighted by Gasteiger charge is -2.13. The lowest BCUT2D eigenvalue weighted by Crippen LogP contribution is -2.37. The van der Waals surface area contributed by atoms with Crippen molar-refractivity contribution in [1.29, 1.82) is 0 Å². The van der Waals surface area contributed by atoms with Crippen LogP contribution in [0.4, 0.5) is 26.3 Å². The molecule has 0 saturated heterocycles. The summed E-state index contributed by atoms with van der Waals surface area (Å²) >= 11 is 0. The van der Waals surface area contributed by atoms with Gasteiger partial charge in [0.1, 0.15) is 11.7 Å². The van der Waals surface area contributed by atoms with Gasteiger partial charge in [-0.1, -0.05) is 0 Å². The minimum atomic E-state index is -4.98. The number of halogens is 6. The van der Waals surface area contributed by atoms with Gasteiger partial charge in [0, 0.05) is 0 Å². The molecule has 8 heteroatoms. The van der Waals surface area contributed by atoms with Gasteiger partial charge in [-0.2, -0.15) is 26.3 Å². The van der Waals surface area contributed by atoms with Crippen molar-refractivity contribution in [3.63, 3.8) is 0 Å². The largest absolute Gasteiger partial charge is 0.430 e. The van der Waals surface area contributed by atoms with E-state index in [2.05, 4.69) is 11.5 Å². The number of hydrogen-bond acceptors (Lipinski definition) is 2. The third-order valence-electron chi connectivity index (χ3n) is 1.06. The highest BCUT2D eigenvalue weighted by Gasteiger charge is 2.39. The van der Waals surface area contributed by atoms with E-state index in [0.717, 1.165) is 0 Å². The third-order valence-corrected chi connectivity index (χ3v) is 1.06. The normalized spacial score (nSPS) is 17.3. The molecule has 0 aliphatic heterocycles. The Hall–Kier alpha value is -0.920. The predicted molar refractivity (Wildman–Crippen MR) is 32.4 cm³/mol. The molecular weight excluding hydrogens is 202 g/mol. The first-order valence-electron chi connectivity index (χ1n) is 2.92. The van der Waals surface area contributed by atoms with Gasteiger partial charge in [0.05, 0.1) is 0 Å². The molecule has 0 fully saturated rings. The van der Waals surface area contributed by atoms with Crippen molar-refractivity contribution in [2.75, 3.05) is 0 Å². The van der Waals surface area contributed by atoms with Crippen LogP contribution in [0.5, 0.6) is 0 Å². The second-order valence-electron chi connectivity index (χ2n) is 2.19. The molecule has 0 aromatic heterocycles. The monoisotopic (exact) mass is 208 g/mol. The fraction of sp³-hybridized carbons (Fsp3) is 0.600. The van der Waals surface area contributed by atoms with E-state index in [-0.39, 0.29) is 6.08 Å². The summed E-state index contributed by atoms with van der Waals surface area (Å²) in [5.41, 5.74) is 6.82. The van der Waals surface area contributed by atoms with Gasteiger partial charge in [0.2, 0.25) is 0 Å². The first-order chi connectivity index (χ1) is 5.55. The number of allylic oxidation sites excluding steroid dienone is 1. The Morgan fingerprint density at radius 2 is 1.46 bits per heavy atom. The first-order valence-corrected chi connectivity index (χ1v) is 2.92. The van der Waals surface area contributed by atoms with Crippen LogP contribution >= 0.6 is 0 Å². The molecule has 78 valence electrons.